The van der Waals surface area contributed by atoms with E-state index in [4.69, 9.17) is 9.47 Å². The van der Waals surface area contributed by atoms with Crippen molar-refractivity contribution in [1.82, 2.24) is 0 Å². The van der Waals surface area contributed by atoms with Gasteiger partial charge in [0.15, 0.2) is 0 Å². The van der Waals surface area contributed by atoms with Crippen molar-refractivity contribution < 1.29 is 19.1 Å². The van der Waals surface area contributed by atoms with Crippen LogP contribution in [-0.2, 0) is 19.1 Å². The van der Waals surface area contributed by atoms with Gasteiger partial charge in [0.2, 0.25) is 5.60 Å². The molecule has 1 saturated heterocycles. The van der Waals surface area contributed by atoms with Gasteiger partial charge in [-0.3, -0.25) is 4.79 Å². The fourth-order valence-electron chi connectivity index (χ4n) is 1.49. The van der Waals surface area contributed by atoms with Crippen molar-refractivity contribution in [3.05, 3.63) is 0 Å². The molecule has 1 aliphatic rings. The van der Waals surface area contributed by atoms with Crippen LogP contribution >= 0.6 is 0 Å². The molecule has 1 rings (SSSR count). The van der Waals surface area contributed by atoms with Gasteiger partial charge in [0.25, 0.3) is 0 Å². The maximum absolute atomic E-state index is 11.9. The highest BCUT2D eigenvalue weighted by Crippen LogP contribution is 2.32. The minimum atomic E-state index is -1.04. The lowest BCUT2D eigenvalue weighted by Gasteiger charge is -2.29. The second-order valence-corrected chi connectivity index (χ2v) is 4.86. The van der Waals surface area contributed by atoms with Gasteiger partial charge in [-0.1, -0.05) is 13.8 Å². The van der Waals surface area contributed by atoms with Crippen molar-refractivity contribution in [2.75, 3.05) is 6.61 Å². The largest absolute Gasteiger partial charge is 0.463 e. The third kappa shape index (κ3) is 2.20. The van der Waals surface area contributed by atoms with Crippen molar-refractivity contribution in [3.63, 3.8) is 0 Å². The molecular weight excluding hydrogens is 208 g/mol. The Kier molecular flexibility index (Phi) is 3.61. The Morgan fingerprint density at radius 3 is 2.50 bits per heavy atom. The summed E-state index contributed by atoms with van der Waals surface area (Å²) in [5.74, 6) is -0.731. The number of hydrogen-bond donors (Lipinski definition) is 0. The zero-order valence-electron chi connectivity index (χ0n) is 10.5. The van der Waals surface area contributed by atoms with Gasteiger partial charge in [-0.2, -0.15) is 0 Å². The Morgan fingerprint density at radius 2 is 2.12 bits per heavy atom. The molecule has 1 fully saturated rings. The summed E-state index contributed by atoms with van der Waals surface area (Å²) in [4.78, 5) is 23.5. The van der Waals surface area contributed by atoms with Gasteiger partial charge in [0, 0.05) is 6.42 Å². The molecule has 4 nitrogen and oxygen atoms in total. The summed E-state index contributed by atoms with van der Waals surface area (Å²) < 4.78 is 10.3. The number of rotatable bonds is 4. The third-order valence-corrected chi connectivity index (χ3v) is 3.41. The summed E-state index contributed by atoms with van der Waals surface area (Å²) in [5, 5.41) is 0. The smallest absolute Gasteiger partial charge is 0.350 e. The molecule has 1 atom stereocenters. The fraction of sp³-hybridized carbons (Fsp3) is 0.833. The normalized spacial score (nSPS) is 25.4. The fourth-order valence-corrected chi connectivity index (χ4v) is 1.49. The van der Waals surface area contributed by atoms with Crippen molar-refractivity contribution in [1.29, 1.82) is 0 Å². The predicted molar refractivity (Wildman–Crippen MR) is 58.8 cm³/mol. The van der Waals surface area contributed by atoms with E-state index < -0.39 is 17.0 Å². The molecule has 1 aliphatic heterocycles. The van der Waals surface area contributed by atoms with Crippen LogP contribution in [0.1, 0.15) is 47.0 Å². The number of ether oxygens (including phenoxy) is 2. The van der Waals surface area contributed by atoms with Crippen LogP contribution < -0.4 is 0 Å². The molecule has 1 unspecified atom stereocenters. The first-order valence-electron chi connectivity index (χ1n) is 5.78. The van der Waals surface area contributed by atoms with Crippen LogP contribution in [0.2, 0.25) is 0 Å². The molecule has 0 radical (unpaired) electrons. The molecule has 0 N–H and O–H groups in total. The number of hydrogen-bond acceptors (Lipinski definition) is 4. The monoisotopic (exact) mass is 228 g/mol. The zero-order valence-corrected chi connectivity index (χ0v) is 10.5. The highest BCUT2D eigenvalue weighted by molar-refractivity contribution is 5.86. The van der Waals surface area contributed by atoms with Crippen LogP contribution in [-0.4, -0.2) is 24.1 Å². The minimum absolute atomic E-state index is 0.323. The molecule has 1 heterocycles. The summed E-state index contributed by atoms with van der Waals surface area (Å²) >= 11 is 0. The lowest BCUT2D eigenvalue weighted by molar-refractivity contribution is -0.180. The van der Waals surface area contributed by atoms with Gasteiger partial charge < -0.3 is 9.47 Å². The Bertz CT molecular complexity index is 295. The van der Waals surface area contributed by atoms with Gasteiger partial charge in [-0.15, -0.1) is 0 Å². The molecular formula is C12H20O4. The van der Waals surface area contributed by atoms with Crippen molar-refractivity contribution >= 4 is 11.9 Å². The van der Waals surface area contributed by atoms with Crippen molar-refractivity contribution in [3.8, 4) is 0 Å². The topological polar surface area (TPSA) is 52.6 Å². The number of carbonyl (C=O) groups is 2. The number of esters is 2. The molecule has 0 saturated carbocycles. The first-order valence-corrected chi connectivity index (χ1v) is 5.78. The molecule has 0 aromatic rings. The molecule has 0 aromatic heterocycles. The second-order valence-electron chi connectivity index (χ2n) is 4.86. The highest BCUT2D eigenvalue weighted by Gasteiger charge is 2.48. The maximum atomic E-state index is 11.9. The van der Waals surface area contributed by atoms with E-state index in [2.05, 4.69) is 0 Å². The molecule has 0 aromatic carbocycles. The lowest BCUT2D eigenvalue weighted by Crippen LogP contribution is -2.42. The molecule has 0 spiro atoms. The van der Waals surface area contributed by atoms with Gasteiger partial charge in [0.05, 0.1) is 12.0 Å². The average molecular weight is 228 g/mol. The Morgan fingerprint density at radius 1 is 1.50 bits per heavy atom. The van der Waals surface area contributed by atoms with Crippen LogP contribution in [0.25, 0.3) is 0 Å². The van der Waals surface area contributed by atoms with Crippen LogP contribution in [0.15, 0.2) is 0 Å². The predicted octanol–water partition coefficient (Wildman–Crippen LogP) is 2.06. The molecule has 16 heavy (non-hydrogen) atoms. The number of cyclic esters (lactones) is 1. The lowest BCUT2D eigenvalue weighted by atomic mass is 9.89. The molecule has 0 amide bonds. The highest BCUT2D eigenvalue weighted by atomic mass is 16.6. The van der Waals surface area contributed by atoms with Crippen LogP contribution in [0.3, 0.4) is 0 Å². The standard InChI is InChI=1S/C12H20O4/c1-5-11(3,4)9(13)16-12(6-2)7-8-15-10(12)14/h5-8H2,1-4H3. The van der Waals surface area contributed by atoms with E-state index in [0.29, 0.717) is 25.9 Å². The summed E-state index contributed by atoms with van der Waals surface area (Å²) in [6, 6.07) is 0. The van der Waals surface area contributed by atoms with Crippen molar-refractivity contribution in [2.45, 2.75) is 52.6 Å². The van der Waals surface area contributed by atoms with E-state index in [0.717, 1.165) is 0 Å². The van der Waals surface area contributed by atoms with E-state index in [1.165, 1.54) is 0 Å². The van der Waals surface area contributed by atoms with E-state index in [1.54, 1.807) is 0 Å². The quantitative estimate of drug-likeness (QED) is 0.691. The third-order valence-electron chi connectivity index (χ3n) is 3.41. The SMILES string of the molecule is CCC(C)(C)C(=O)OC1(CC)CCOC1=O. The molecule has 0 bridgehead atoms. The maximum Gasteiger partial charge on any atom is 0.350 e. The summed E-state index contributed by atoms with van der Waals surface area (Å²) in [6.45, 7) is 7.73. The van der Waals surface area contributed by atoms with Crippen LogP contribution in [0, 0.1) is 5.41 Å². The summed E-state index contributed by atoms with van der Waals surface area (Å²) in [5.41, 5.74) is -1.59. The van der Waals surface area contributed by atoms with Crippen molar-refractivity contribution in [2.24, 2.45) is 5.41 Å². The van der Waals surface area contributed by atoms with E-state index in [1.807, 2.05) is 27.7 Å². The van der Waals surface area contributed by atoms with Crippen LogP contribution in [0.4, 0.5) is 0 Å². The second kappa shape index (κ2) is 4.44. The van der Waals surface area contributed by atoms with Gasteiger partial charge in [0.1, 0.15) is 0 Å². The average Bonchev–Trinajstić information content (AvgIpc) is 2.60. The van der Waals surface area contributed by atoms with Crippen LogP contribution in [0.5, 0.6) is 0 Å². The Hall–Kier alpha value is -1.06. The van der Waals surface area contributed by atoms with E-state index in [-0.39, 0.29) is 5.97 Å². The first kappa shape index (κ1) is 13.0. The Labute approximate surface area is 96.3 Å². The summed E-state index contributed by atoms with van der Waals surface area (Å²) in [7, 11) is 0. The molecule has 0 aliphatic carbocycles. The van der Waals surface area contributed by atoms with E-state index in [9.17, 15) is 9.59 Å². The van der Waals surface area contributed by atoms with Gasteiger partial charge >= 0.3 is 11.9 Å². The Balaban J connectivity index is 2.79. The minimum Gasteiger partial charge on any atom is -0.463 e. The van der Waals surface area contributed by atoms with E-state index >= 15 is 0 Å². The zero-order chi connectivity index (χ0) is 12.4. The van der Waals surface area contributed by atoms with Gasteiger partial charge in [-0.25, -0.2) is 4.79 Å². The number of carbonyl (C=O) groups excluding carboxylic acids is 2. The molecule has 4 heteroatoms. The van der Waals surface area contributed by atoms with Gasteiger partial charge in [-0.05, 0) is 26.7 Å². The molecule has 92 valence electrons. The summed E-state index contributed by atoms with van der Waals surface area (Å²) in [6.07, 6.45) is 1.62. The first-order chi connectivity index (χ1) is 7.38.